The number of nitrogens with one attached hydrogen (secondary N) is 1. The van der Waals surface area contributed by atoms with Gasteiger partial charge < -0.3 is 29.3 Å². The van der Waals surface area contributed by atoms with Gasteiger partial charge in [-0.25, -0.2) is 4.79 Å². The minimum Gasteiger partial charge on any atom is -0.466 e. The van der Waals surface area contributed by atoms with Crippen molar-refractivity contribution in [2.75, 3.05) is 45.7 Å². The molecule has 1 aromatic rings. The summed E-state index contributed by atoms with van der Waals surface area (Å²) in [4.78, 5) is 70.0. The number of unbranched alkanes of at least 4 members (excludes halogenated alkanes) is 20. The van der Waals surface area contributed by atoms with E-state index in [1.807, 2.05) is 23.9 Å². The van der Waals surface area contributed by atoms with Crippen LogP contribution in [0.4, 0.5) is 5.00 Å². The molecule has 0 saturated carbocycles. The van der Waals surface area contributed by atoms with Gasteiger partial charge in [0.25, 0.3) is 0 Å². The van der Waals surface area contributed by atoms with E-state index in [2.05, 4.69) is 26.1 Å². The molecule has 0 bridgehead atoms. The molecule has 65 heavy (non-hydrogen) atoms. The zero-order chi connectivity index (χ0) is 47.3. The maximum absolute atomic E-state index is 13.5. The molecule has 12 heteroatoms. The predicted octanol–water partition coefficient (Wildman–Crippen LogP) is 13.3. The van der Waals surface area contributed by atoms with E-state index >= 15 is 0 Å². The van der Waals surface area contributed by atoms with Gasteiger partial charge in [-0.15, -0.1) is 11.3 Å². The molecule has 0 aromatic carbocycles. The van der Waals surface area contributed by atoms with Crippen LogP contribution in [0.5, 0.6) is 0 Å². The lowest BCUT2D eigenvalue weighted by Crippen LogP contribution is -2.35. The van der Waals surface area contributed by atoms with Crippen molar-refractivity contribution in [1.82, 2.24) is 9.80 Å². The summed E-state index contributed by atoms with van der Waals surface area (Å²) in [5, 5.41) is 3.50. The number of carbonyl (C=O) groups is 5. The second-order valence-corrected chi connectivity index (χ2v) is 19.9. The summed E-state index contributed by atoms with van der Waals surface area (Å²) in [5.74, 6) is -0.871. The van der Waals surface area contributed by atoms with E-state index in [0.29, 0.717) is 88.0 Å². The maximum Gasteiger partial charge on any atom is 0.341 e. The molecule has 0 saturated heterocycles. The van der Waals surface area contributed by atoms with Gasteiger partial charge in [-0.3, -0.25) is 19.2 Å². The van der Waals surface area contributed by atoms with Crippen LogP contribution in [0.3, 0.4) is 0 Å². The highest BCUT2D eigenvalue weighted by Gasteiger charge is 2.31. The number of ether oxygens (including phenoxy) is 3. The molecule has 0 fully saturated rings. The van der Waals surface area contributed by atoms with Gasteiger partial charge in [0.2, 0.25) is 11.8 Å². The van der Waals surface area contributed by atoms with Crippen LogP contribution >= 0.6 is 11.3 Å². The highest BCUT2D eigenvalue weighted by molar-refractivity contribution is 7.17. The number of carbonyl (C=O) groups excluding carboxylic acids is 5. The average Bonchev–Trinajstić information content (AvgIpc) is 3.64. The maximum atomic E-state index is 13.5. The lowest BCUT2D eigenvalue weighted by molar-refractivity contribution is -0.150. The second kappa shape index (κ2) is 38.0. The average molecular weight is 932 g/mol. The van der Waals surface area contributed by atoms with Gasteiger partial charge in [0.05, 0.1) is 25.3 Å². The fraction of sp³-hybridized carbons (Fsp3) is 0.830. The molecular formula is C53H93N3O8S. The fourth-order valence-corrected chi connectivity index (χ4v) is 9.74. The van der Waals surface area contributed by atoms with E-state index in [4.69, 9.17) is 14.2 Å². The van der Waals surface area contributed by atoms with Crippen LogP contribution in [-0.2, 0) is 46.4 Å². The minimum absolute atomic E-state index is 0.0115. The van der Waals surface area contributed by atoms with Gasteiger partial charge >= 0.3 is 17.9 Å². The molecule has 11 nitrogen and oxygen atoms in total. The van der Waals surface area contributed by atoms with Crippen molar-refractivity contribution in [2.45, 2.75) is 245 Å². The molecule has 0 spiro atoms. The Balaban J connectivity index is 1.85. The molecule has 374 valence electrons. The monoisotopic (exact) mass is 932 g/mol. The Morgan fingerprint density at radius 1 is 0.600 bits per heavy atom. The van der Waals surface area contributed by atoms with E-state index < -0.39 is 5.97 Å². The molecule has 1 aliphatic rings. The van der Waals surface area contributed by atoms with Crippen molar-refractivity contribution < 1.29 is 38.2 Å². The van der Waals surface area contributed by atoms with Crippen molar-refractivity contribution in [1.29, 1.82) is 0 Å². The first-order chi connectivity index (χ1) is 31.6. The third kappa shape index (κ3) is 28.1. The predicted molar refractivity (Wildman–Crippen MR) is 267 cm³/mol. The largest absolute Gasteiger partial charge is 0.466 e. The van der Waals surface area contributed by atoms with Crippen LogP contribution < -0.4 is 5.32 Å². The molecule has 0 unspecified atom stereocenters. The SMILES string of the molecule is CCCCCCCCCOC(=O)CCCCCCC(=O)Nc1sc2c(c1C(=O)OCCCN(C)C)CCN(C(=O)CCCCC(=O)OC(CCCCCCCC)CCCCCCCC)C2. The third-order valence-corrected chi connectivity index (χ3v) is 13.6. The number of hydrogen-bond acceptors (Lipinski definition) is 10. The van der Waals surface area contributed by atoms with Crippen LogP contribution in [0.15, 0.2) is 0 Å². The highest BCUT2D eigenvalue weighted by atomic mass is 32.1. The van der Waals surface area contributed by atoms with Crippen molar-refractivity contribution in [2.24, 2.45) is 0 Å². The lowest BCUT2D eigenvalue weighted by atomic mass is 10.0. The molecule has 0 atom stereocenters. The summed E-state index contributed by atoms with van der Waals surface area (Å²) in [6, 6.07) is 0. The Hall–Kier alpha value is -2.99. The lowest BCUT2D eigenvalue weighted by Gasteiger charge is -2.27. The van der Waals surface area contributed by atoms with Crippen LogP contribution in [-0.4, -0.2) is 86.0 Å². The Labute approximate surface area is 399 Å². The molecular weight excluding hydrogens is 839 g/mol. The molecule has 2 amide bonds. The van der Waals surface area contributed by atoms with Crippen molar-refractivity contribution in [3.8, 4) is 0 Å². The minimum atomic E-state index is -0.441. The fourth-order valence-electron chi connectivity index (χ4n) is 8.47. The smallest absolute Gasteiger partial charge is 0.341 e. The molecule has 1 N–H and O–H groups in total. The summed E-state index contributed by atoms with van der Waals surface area (Å²) >= 11 is 1.36. The summed E-state index contributed by atoms with van der Waals surface area (Å²) in [6.45, 7) is 9.09. The first kappa shape index (κ1) is 58.1. The van der Waals surface area contributed by atoms with E-state index in [1.165, 1.54) is 108 Å². The molecule has 1 aromatic heterocycles. The van der Waals surface area contributed by atoms with Crippen LogP contribution in [0.2, 0.25) is 0 Å². The van der Waals surface area contributed by atoms with Crippen LogP contribution in [0.25, 0.3) is 0 Å². The van der Waals surface area contributed by atoms with E-state index in [0.717, 1.165) is 74.8 Å². The van der Waals surface area contributed by atoms with E-state index in [9.17, 15) is 24.0 Å². The van der Waals surface area contributed by atoms with Gasteiger partial charge in [-0.05, 0) is 90.3 Å². The van der Waals surface area contributed by atoms with Gasteiger partial charge in [0, 0.05) is 43.6 Å². The number of thiophene rings is 1. The number of esters is 3. The zero-order valence-corrected chi connectivity index (χ0v) is 42.8. The second-order valence-electron chi connectivity index (χ2n) is 18.8. The van der Waals surface area contributed by atoms with Crippen LogP contribution in [0.1, 0.15) is 247 Å². The molecule has 0 radical (unpaired) electrons. The summed E-state index contributed by atoms with van der Waals surface area (Å²) in [7, 11) is 3.95. The molecule has 0 aliphatic carbocycles. The van der Waals surface area contributed by atoms with Gasteiger partial charge in [-0.1, -0.05) is 136 Å². The number of anilines is 1. The van der Waals surface area contributed by atoms with Gasteiger partial charge in [0.1, 0.15) is 11.1 Å². The van der Waals surface area contributed by atoms with Crippen molar-refractivity contribution >= 4 is 46.1 Å². The van der Waals surface area contributed by atoms with Crippen molar-refractivity contribution in [3.05, 3.63) is 16.0 Å². The van der Waals surface area contributed by atoms with Gasteiger partial charge in [0.15, 0.2) is 0 Å². The van der Waals surface area contributed by atoms with Gasteiger partial charge in [-0.2, -0.15) is 0 Å². The number of amides is 2. The van der Waals surface area contributed by atoms with E-state index in [-0.39, 0.29) is 36.5 Å². The third-order valence-electron chi connectivity index (χ3n) is 12.5. The van der Waals surface area contributed by atoms with Crippen LogP contribution in [0, 0.1) is 0 Å². The molecule has 1 aliphatic heterocycles. The first-order valence-corrected chi connectivity index (χ1v) is 27.3. The van der Waals surface area contributed by atoms with E-state index in [1.54, 1.807) is 0 Å². The topological polar surface area (TPSA) is 132 Å². The summed E-state index contributed by atoms with van der Waals surface area (Å²) in [5.41, 5.74) is 1.26. The molecule has 2 heterocycles. The Morgan fingerprint density at radius 2 is 1.11 bits per heavy atom. The standard InChI is InChI=1S/C53H93N3O8S/c1-6-9-12-15-18-23-30-41-62-49(59)36-27-22-21-26-34-47(57)54-52-51(53(61)63-42-31-39-55(4)5)45-38-40-56(43-46(45)65-52)48(58)35-28-29-37-50(60)64-44(32-24-19-16-13-10-7-2)33-25-20-17-14-11-8-3/h44H,6-43H2,1-5H3,(H,54,57). The quantitative estimate of drug-likeness (QED) is 0.0387. The Kier molecular flexibility index (Phi) is 34.0. The number of fused-ring (bicyclic) bond motifs is 1. The zero-order valence-electron chi connectivity index (χ0n) is 42.0. The first-order valence-electron chi connectivity index (χ1n) is 26.5. The highest BCUT2D eigenvalue weighted by Crippen LogP contribution is 2.38. The Bertz CT molecular complexity index is 1430. The summed E-state index contributed by atoms with van der Waals surface area (Å²) < 4.78 is 17.1. The number of nitrogens with zero attached hydrogens (tertiary/aromatic N) is 2. The summed E-state index contributed by atoms with van der Waals surface area (Å²) in [6.07, 6.45) is 31.7. The molecule has 2 rings (SSSR count). The Morgan fingerprint density at radius 3 is 1.72 bits per heavy atom. The van der Waals surface area contributed by atoms with Crippen molar-refractivity contribution in [3.63, 3.8) is 0 Å². The number of rotatable bonds is 41. The normalized spacial score (nSPS) is 12.4. The number of hydrogen-bond donors (Lipinski definition) is 1.